The van der Waals surface area contributed by atoms with E-state index in [1.807, 2.05) is 43.3 Å². The van der Waals surface area contributed by atoms with Gasteiger partial charge in [-0.15, -0.1) is 0 Å². The van der Waals surface area contributed by atoms with Crippen LogP contribution in [0, 0.1) is 17.2 Å². The zero-order valence-corrected chi connectivity index (χ0v) is 17.7. The van der Waals surface area contributed by atoms with E-state index >= 15 is 0 Å². The summed E-state index contributed by atoms with van der Waals surface area (Å²) in [5, 5.41) is 21.0. The molecule has 31 heavy (non-hydrogen) atoms. The van der Waals surface area contributed by atoms with E-state index in [9.17, 15) is 10.1 Å². The molecule has 2 fully saturated rings. The number of aromatic nitrogens is 2. The second kappa shape index (κ2) is 7.62. The number of hydrogen-bond donors (Lipinski definition) is 2. The molecule has 5 rings (SSSR count). The highest BCUT2D eigenvalue weighted by Gasteiger charge is 2.25. The van der Waals surface area contributed by atoms with Gasteiger partial charge in [-0.2, -0.15) is 10.4 Å². The first-order chi connectivity index (χ1) is 15.0. The first-order valence-electron chi connectivity index (χ1n) is 10.7. The van der Waals surface area contributed by atoms with Crippen molar-refractivity contribution in [2.24, 2.45) is 5.92 Å². The number of nitriles is 1. The highest BCUT2D eigenvalue weighted by Crippen LogP contribution is 2.35. The van der Waals surface area contributed by atoms with Crippen molar-refractivity contribution in [2.45, 2.75) is 31.7 Å². The van der Waals surface area contributed by atoms with E-state index in [1.54, 1.807) is 6.07 Å². The predicted octanol–water partition coefficient (Wildman–Crippen LogP) is 3.85. The van der Waals surface area contributed by atoms with Gasteiger partial charge >= 0.3 is 0 Å². The van der Waals surface area contributed by atoms with E-state index in [4.69, 9.17) is 4.74 Å². The summed E-state index contributed by atoms with van der Waals surface area (Å²) < 4.78 is 5.96. The van der Waals surface area contributed by atoms with Gasteiger partial charge in [0.1, 0.15) is 17.5 Å². The number of anilines is 1. The molecule has 0 radical (unpaired) electrons. The molecule has 158 valence electrons. The quantitative estimate of drug-likeness (QED) is 0.611. The third kappa shape index (κ3) is 4.06. The summed E-state index contributed by atoms with van der Waals surface area (Å²) in [4.78, 5) is 14.7. The highest BCUT2D eigenvalue weighted by molar-refractivity contribution is 6.00. The summed E-state index contributed by atoms with van der Waals surface area (Å²) in [7, 11) is 3.90. The third-order valence-electron chi connectivity index (χ3n) is 5.84. The Hall–Kier alpha value is -3.53. The van der Waals surface area contributed by atoms with Gasteiger partial charge in [-0.3, -0.25) is 9.89 Å². The third-order valence-corrected chi connectivity index (χ3v) is 5.84. The monoisotopic (exact) mass is 415 g/mol. The molecule has 7 heteroatoms. The summed E-state index contributed by atoms with van der Waals surface area (Å²) in [6.45, 7) is 0.634. The van der Waals surface area contributed by atoms with E-state index in [2.05, 4.69) is 21.6 Å². The molecule has 3 aromatic rings. The molecule has 0 atom stereocenters. The van der Waals surface area contributed by atoms with E-state index in [0.29, 0.717) is 35.4 Å². The molecule has 1 aromatic heterocycles. The lowest BCUT2D eigenvalue weighted by atomic mass is 10.0. The predicted molar refractivity (Wildman–Crippen MR) is 119 cm³/mol. The standard InChI is InChI=1S/C24H25N5O2/c1-29(2)19-8-15(7-16(9-19)24(30)26-18-5-6-18)23-20-11-22(31-13-14-3-4-14)17(12-25)10-21(20)27-28-23/h7-11,14,18H,3-6,13H2,1-2H3,(H,26,30)(H,27,28). The first-order valence-corrected chi connectivity index (χ1v) is 10.7. The minimum Gasteiger partial charge on any atom is -0.492 e. The van der Waals surface area contributed by atoms with Gasteiger partial charge < -0.3 is 15.0 Å². The lowest BCUT2D eigenvalue weighted by Crippen LogP contribution is -2.25. The molecule has 2 aromatic carbocycles. The van der Waals surface area contributed by atoms with Gasteiger partial charge in [0.15, 0.2) is 0 Å². The molecule has 1 heterocycles. The Morgan fingerprint density at radius 3 is 2.71 bits per heavy atom. The summed E-state index contributed by atoms with van der Waals surface area (Å²) in [6.07, 6.45) is 4.45. The van der Waals surface area contributed by atoms with E-state index in [0.717, 1.165) is 40.7 Å². The van der Waals surface area contributed by atoms with Crippen LogP contribution in [0.3, 0.4) is 0 Å². The summed E-state index contributed by atoms with van der Waals surface area (Å²) in [6, 6.07) is 12.0. The van der Waals surface area contributed by atoms with E-state index in [-0.39, 0.29) is 5.91 Å². The second-order valence-electron chi connectivity index (χ2n) is 8.74. The molecular weight excluding hydrogens is 390 g/mol. The number of carbonyl (C=O) groups excluding carboxylic acids is 1. The topological polar surface area (TPSA) is 94.0 Å². The van der Waals surface area contributed by atoms with Crippen LogP contribution in [0.15, 0.2) is 30.3 Å². The number of fused-ring (bicyclic) bond motifs is 1. The average molecular weight is 415 g/mol. The van der Waals surface area contributed by atoms with Gasteiger partial charge in [-0.05, 0) is 61.9 Å². The van der Waals surface area contributed by atoms with Crippen LogP contribution in [0.25, 0.3) is 22.2 Å². The van der Waals surface area contributed by atoms with E-state index < -0.39 is 0 Å². The molecule has 2 aliphatic rings. The maximum atomic E-state index is 12.7. The fraction of sp³-hybridized carbons (Fsp3) is 0.375. The van der Waals surface area contributed by atoms with Crippen LogP contribution in [-0.4, -0.2) is 42.8 Å². The minimum absolute atomic E-state index is 0.0625. The molecule has 2 N–H and O–H groups in total. The normalized spacial score (nSPS) is 15.5. The number of amides is 1. The maximum Gasteiger partial charge on any atom is 0.251 e. The van der Waals surface area contributed by atoms with Crippen molar-refractivity contribution < 1.29 is 9.53 Å². The second-order valence-corrected chi connectivity index (χ2v) is 8.74. The Morgan fingerprint density at radius 1 is 1.23 bits per heavy atom. The molecule has 7 nitrogen and oxygen atoms in total. The first kappa shape index (κ1) is 19.4. The average Bonchev–Trinajstić information content (AvgIpc) is 3.70. The van der Waals surface area contributed by atoms with Gasteiger partial charge in [0.2, 0.25) is 0 Å². The Balaban J connectivity index is 1.57. The number of nitrogens with zero attached hydrogens (tertiary/aromatic N) is 3. The number of rotatable bonds is 7. The largest absolute Gasteiger partial charge is 0.492 e. The number of benzene rings is 2. The van der Waals surface area contributed by atoms with Crippen molar-refractivity contribution in [2.75, 3.05) is 25.6 Å². The van der Waals surface area contributed by atoms with Crippen molar-refractivity contribution in [3.8, 4) is 23.1 Å². The lowest BCUT2D eigenvalue weighted by molar-refractivity contribution is 0.0951. The smallest absolute Gasteiger partial charge is 0.251 e. The zero-order valence-electron chi connectivity index (χ0n) is 17.7. The Morgan fingerprint density at radius 2 is 2.03 bits per heavy atom. The summed E-state index contributed by atoms with van der Waals surface area (Å²) >= 11 is 0. The van der Waals surface area contributed by atoms with Crippen molar-refractivity contribution >= 4 is 22.5 Å². The zero-order chi connectivity index (χ0) is 21.5. The van der Waals surface area contributed by atoms with Crippen LogP contribution < -0.4 is 15.0 Å². The fourth-order valence-corrected chi connectivity index (χ4v) is 3.60. The Bertz CT molecular complexity index is 1200. The number of nitrogens with one attached hydrogen (secondary N) is 2. The Kier molecular flexibility index (Phi) is 4.78. The number of ether oxygens (including phenoxy) is 1. The van der Waals surface area contributed by atoms with Gasteiger partial charge in [0.25, 0.3) is 5.91 Å². The molecule has 0 saturated heterocycles. The van der Waals surface area contributed by atoms with Crippen molar-refractivity contribution in [1.82, 2.24) is 15.5 Å². The van der Waals surface area contributed by atoms with Crippen LogP contribution >= 0.6 is 0 Å². The molecule has 0 spiro atoms. The molecule has 0 unspecified atom stereocenters. The SMILES string of the molecule is CN(C)c1cc(C(=O)NC2CC2)cc(-c2n[nH]c3cc(C#N)c(OCC4CC4)cc23)c1. The number of hydrogen-bond acceptors (Lipinski definition) is 5. The van der Waals surface area contributed by atoms with Gasteiger partial charge in [0.05, 0.1) is 17.7 Å². The van der Waals surface area contributed by atoms with Crippen molar-refractivity contribution in [3.05, 3.63) is 41.5 Å². The van der Waals surface area contributed by atoms with Crippen molar-refractivity contribution in [3.63, 3.8) is 0 Å². The molecule has 0 aliphatic heterocycles. The van der Waals surface area contributed by atoms with Crippen LogP contribution in [-0.2, 0) is 0 Å². The molecule has 0 bridgehead atoms. The van der Waals surface area contributed by atoms with Gasteiger partial charge in [-0.25, -0.2) is 0 Å². The summed E-state index contributed by atoms with van der Waals surface area (Å²) in [5.74, 6) is 1.11. The fourth-order valence-electron chi connectivity index (χ4n) is 3.60. The van der Waals surface area contributed by atoms with Crippen LogP contribution in [0.1, 0.15) is 41.6 Å². The lowest BCUT2D eigenvalue weighted by Gasteiger charge is -2.16. The van der Waals surface area contributed by atoms with Crippen LogP contribution in [0.5, 0.6) is 5.75 Å². The molecule has 1 amide bonds. The minimum atomic E-state index is -0.0625. The number of aromatic amines is 1. The molecule has 2 aliphatic carbocycles. The number of carbonyl (C=O) groups is 1. The molecular formula is C24H25N5O2. The van der Waals surface area contributed by atoms with Gasteiger partial charge in [-0.1, -0.05) is 0 Å². The number of H-pyrrole nitrogens is 1. The van der Waals surface area contributed by atoms with Gasteiger partial charge in [0, 0.05) is 42.3 Å². The highest BCUT2D eigenvalue weighted by atomic mass is 16.5. The Labute approximate surface area is 181 Å². The maximum absolute atomic E-state index is 12.7. The van der Waals surface area contributed by atoms with Crippen molar-refractivity contribution in [1.29, 1.82) is 5.26 Å². The summed E-state index contributed by atoms with van der Waals surface area (Å²) in [5.41, 5.74) is 4.38. The van der Waals surface area contributed by atoms with Crippen LogP contribution in [0.4, 0.5) is 5.69 Å². The van der Waals surface area contributed by atoms with E-state index in [1.165, 1.54) is 12.8 Å². The van der Waals surface area contributed by atoms with Crippen LogP contribution in [0.2, 0.25) is 0 Å². The molecule has 2 saturated carbocycles.